The van der Waals surface area contributed by atoms with Gasteiger partial charge < -0.3 is 4.74 Å². The van der Waals surface area contributed by atoms with Gasteiger partial charge in [0.05, 0.1) is 13.7 Å². The molecule has 2 heterocycles. The fraction of sp³-hybridized carbons (Fsp3) is 0.143. The number of pyridine rings is 1. The Morgan fingerprint density at radius 3 is 2.63 bits per heavy atom. The van der Waals surface area contributed by atoms with Gasteiger partial charge in [0.2, 0.25) is 0 Å². The lowest BCUT2D eigenvalue weighted by molar-refractivity contribution is 0.414. The van der Waals surface area contributed by atoms with E-state index in [1.165, 1.54) is 9.08 Å². The van der Waals surface area contributed by atoms with E-state index in [0.29, 0.717) is 12.2 Å². The molecule has 0 unspecified atom stereocenters. The standard InChI is InChI=1S/C14H13N3O2/c1-19-12-7-5-11(6-8-12)10-17-14(18)16-9-3-2-4-13(16)15-17/h2-9H,10H2,1H3. The summed E-state index contributed by atoms with van der Waals surface area (Å²) in [4.78, 5) is 12.1. The molecule has 0 spiro atoms. The predicted molar refractivity (Wildman–Crippen MR) is 71.5 cm³/mol. The zero-order chi connectivity index (χ0) is 13.2. The van der Waals surface area contributed by atoms with Gasteiger partial charge in [-0.2, -0.15) is 0 Å². The normalized spacial score (nSPS) is 10.8. The number of hydrogen-bond donors (Lipinski definition) is 0. The molecular formula is C14H13N3O2. The molecule has 0 saturated heterocycles. The third kappa shape index (κ3) is 2.10. The van der Waals surface area contributed by atoms with Crippen molar-refractivity contribution in [2.45, 2.75) is 6.54 Å². The summed E-state index contributed by atoms with van der Waals surface area (Å²) in [6.45, 7) is 0.449. The molecule has 0 aliphatic heterocycles. The minimum atomic E-state index is -0.133. The average Bonchev–Trinajstić information content (AvgIpc) is 2.77. The predicted octanol–water partition coefficient (Wildman–Crippen LogP) is 1.55. The summed E-state index contributed by atoms with van der Waals surface area (Å²) in [6, 6.07) is 13.1. The Kier molecular flexibility index (Phi) is 2.79. The Morgan fingerprint density at radius 2 is 1.95 bits per heavy atom. The second-order valence-corrected chi connectivity index (χ2v) is 4.22. The van der Waals surface area contributed by atoms with Gasteiger partial charge in [-0.05, 0) is 29.8 Å². The first-order valence-electron chi connectivity index (χ1n) is 5.95. The Labute approximate surface area is 109 Å². The number of benzene rings is 1. The van der Waals surface area contributed by atoms with Crippen molar-refractivity contribution in [1.82, 2.24) is 14.2 Å². The molecule has 0 aliphatic rings. The molecule has 0 amide bonds. The molecule has 3 aromatic rings. The number of aromatic nitrogens is 3. The maximum atomic E-state index is 12.1. The van der Waals surface area contributed by atoms with Crippen LogP contribution in [0.15, 0.2) is 53.5 Å². The maximum absolute atomic E-state index is 12.1. The average molecular weight is 255 g/mol. The van der Waals surface area contributed by atoms with Crippen molar-refractivity contribution < 1.29 is 4.74 Å². The molecule has 5 nitrogen and oxygen atoms in total. The Hall–Kier alpha value is -2.56. The van der Waals surface area contributed by atoms with E-state index in [0.717, 1.165) is 11.3 Å². The van der Waals surface area contributed by atoms with Crippen molar-refractivity contribution in [2.24, 2.45) is 0 Å². The van der Waals surface area contributed by atoms with E-state index in [2.05, 4.69) is 5.10 Å². The van der Waals surface area contributed by atoms with E-state index in [1.54, 1.807) is 13.3 Å². The van der Waals surface area contributed by atoms with Gasteiger partial charge in [-0.15, -0.1) is 5.10 Å². The number of nitrogens with zero attached hydrogens (tertiary/aromatic N) is 3. The van der Waals surface area contributed by atoms with Gasteiger partial charge in [-0.1, -0.05) is 18.2 Å². The molecule has 0 atom stereocenters. The highest BCUT2D eigenvalue weighted by molar-refractivity contribution is 5.35. The van der Waals surface area contributed by atoms with Crippen LogP contribution in [0.5, 0.6) is 5.75 Å². The summed E-state index contributed by atoms with van der Waals surface area (Å²) in [5, 5.41) is 4.29. The lowest BCUT2D eigenvalue weighted by Crippen LogP contribution is -2.21. The molecule has 5 heteroatoms. The lowest BCUT2D eigenvalue weighted by atomic mass is 10.2. The number of methoxy groups -OCH3 is 1. The fourth-order valence-corrected chi connectivity index (χ4v) is 1.97. The molecular weight excluding hydrogens is 242 g/mol. The third-order valence-electron chi connectivity index (χ3n) is 2.98. The van der Waals surface area contributed by atoms with Gasteiger partial charge in [-0.25, -0.2) is 9.48 Å². The second kappa shape index (κ2) is 4.61. The van der Waals surface area contributed by atoms with Gasteiger partial charge in [0.25, 0.3) is 0 Å². The minimum Gasteiger partial charge on any atom is -0.497 e. The van der Waals surface area contributed by atoms with Gasteiger partial charge in [0.1, 0.15) is 5.75 Å². The molecule has 19 heavy (non-hydrogen) atoms. The van der Waals surface area contributed by atoms with Crippen molar-refractivity contribution >= 4 is 5.65 Å². The van der Waals surface area contributed by atoms with Crippen molar-refractivity contribution in [3.8, 4) is 5.75 Å². The van der Waals surface area contributed by atoms with E-state index < -0.39 is 0 Å². The molecule has 2 aromatic heterocycles. The molecule has 0 N–H and O–H groups in total. The topological polar surface area (TPSA) is 48.5 Å². The van der Waals surface area contributed by atoms with E-state index in [1.807, 2.05) is 42.5 Å². The summed E-state index contributed by atoms with van der Waals surface area (Å²) in [6.07, 6.45) is 1.72. The maximum Gasteiger partial charge on any atom is 0.350 e. The smallest absolute Gasteiger partial charge is 0.350 e. The first-order chi connectivity index (χ1) is 9.28. The van der Waals surface area contributed by atoms with Crippen LogP contribution in [0.4, 0.5) is 0 Å². The van der Waals surface area contributed by atoms with Crippen LogP contribution < -0.4 is 10.4 Å². The Balaban J connectivity index is 1.96. The van der Waals surface area contributed by atoms with Crippen molar-refractivity contribution in [3.63, 3.8) is 0 Å². The van der Waals surface area contributed by atoms with Crippen LogP contribution in [0.2, 0.25) is 0 Å². The monoisotopic (exact) mass is 255 g/mol. The first-order valence-corrected chi connectivity index (χ1v) is 5.95. The van der Waals surface area contributed by atoms with Crippen LogP contribution in [0.3, 0.4) is 0 Å². The van der Waals surface area contributed by atoms with Crippen LogP contribution >= 0.6 is 0 Å². The van der Waals surface area contributed by atoms with E-state index in [4.69, 9.17) is 4.74 Å². The minimum absolute atomic E-state index is 0.133. The summed E-state index contributed by atoms with van der Waals surface area (Å²) in [5.74, 6) is 0.797. The van der Waals surface area contributed by atoms with E-state index in [9.17, 15) is 4.79 Å². The molecule has 0 saturated carbocycles. The highest BCUT2D eigenvalue weighted by atomic mass is 16.5. The molecule has 0 radical (unpaired) electrons. The van der Waals surface area contributed by atoms with E-state index in [-0.39, 0.29) is 5.69 Å². The van der Waals surface area contributed by atoms with Gasteiger partial charge in [0, 0.05) is 6.20 Å². The van der Waals surface area contributed by atoms with Crippen LogP contribution in [-0.2, 0) is 6.54 Å². The SMILES string of the molecule is COc1ccc(Cn2nc3ccccn3c2=O)cc1. The van der Waals surface area contributed by atoms with Crippen molar-refractivity contribution in [3.05, 3.63) is 64.7 Å². The molecule has 0 aliphatic carbocycles. The summed E-state index contributed by atoms with van der Waals surface area (Å²) in [7, 11) is 1.63. The molecule has 3 rings (SSSR count). The summed E-state index contributed by atoms with van der Waals surface area (Å²) >= 11 is 0. The zero-order valence-corrected chi connectivity index (χ0v) is 10.5. The lowest BCUT2D eigenvalue weighted by Gasteiger charge is -2.02. The highest BCUT2D eigenvalue weighted by Gasteiger charge is 2.06. The number of fused-ring (bicyclic) bond motifs is 1. The molecule has 1 aromatic carbocycles. The van der Waals surface area contributed by atoms with Crippen LogP contribution in [0, 0.1) is 0 Å². The van der Waals surface area contributed by atoms with Crippen molar-refractivity contribution in [1.29, 1.82) is 0 Å². The second-order valence-electron chi connectivity index (χ2n) is 4.22. The van der Waals surface area contributed by atoms with Gasteiger partial charge in [0.15, 0.2) is 5.65 Å². The Morgan fingerprint density at radius 1 is 1.16 bits per heavy atom. The van der Waals surface area contributed by atoms with Crippen LogP contribution in [0.25, 0.3) is 5.65 Å². The summed E-state index contributed by atoms with van der Waals surface area (Å²) < 4.78 is 8.09. The molecule has 0 fully saturated rings. The van der Waals surface area contributed by atoms with Gasteiger partial charge in [-0.3, -0.25) is 4.40 Å². The molecule has 0 bridgehead atoms. The van der Waals surface area contributed by atoms with Crippen molar-refractivity contribution in [2.75, 3.05) is 7.11 Å². The fourth-order valence-electron chi connectivity index (χ4n) is 1.97. The first kappa shape index (κ1) is 11.5. The Bertz CT molecular complexity index is 756. The van der Waals surface area contributed by atoms with Crippen LogP contribution in [0.1, 0.15) is 5.56 Å². The number of hydrogen-bond acceptors (Lipinski definition) is 3. The molecule has 96 valence electrons. The van der Waals surface area contributed by atoms with Gasteiger partial charge >= 0.3 is 5.69 Å². The quantitative estimate of drug-likeness (QED) is 0.713. The third-order valence-corrected chi connectivity index (χ3v) is 2.98. The van der Waals surface area contributed by atoms with Crippen LogP contribution in [-0.4, -0.2) is 21.3 Å². The summed E-state index contributed by atoms with van der Waals surface area (Å²) in [5.41, 5.74) is 1.53. The number of ether oxygens (including phenoxy) is 1. The zero-order valence-electron chi connectivity index (χ0n) is 10.5. The number of rotatable bonds is 3. The highest BCUT2D eigenvalue weighted by Crippen LogP contribution is 2.11. The van der Waals surface area contributed by atoms with E-state index >= 15 is 0 Å². The largest absolute Gasteiger partial charge is 0.497 e.